The first kappa shape index (κ1) is 15.8. The summed E-state index contributed by atoms with van der Waals surface area (Å²) in [6.45, 7) is 9.04. The molecule has 1 fully saturated rings. The Labute approximate surface area is 127 Å². The van der Waals surface area contributed by atoms with Crippen molar-refractivity contribution in [2.75, 3.05) is 11.9 Å². The van der Waals surface area contributed by atoms with E-state index in [1.807, 2.05) is 26.0 Å². The highest BCUT2D eigenvalue weighted by molar-refractivity contribution is 5.94. The third-order valence-corrected chi connectivity index (χ3v) is 4.00. The van der Waals surface area contributed by atoms with E-state index in [9.17, 15) is 4.79 Å². The van der Waals surface area contributed by atoms with Crippen LogP contribution >= 0.6 is 0 Å². The molecular weight excluding hydrogens is 264 g/mol. The fraction of sp³-hybridized carbons (Fsp3) is 0.625. The predicted molar refractivity (Wildman–Crippen MR) is 85.2 cm³/mol. The average Bonchev–Trinajstić information content (AvgIpc) is 2.42. The Kier molecular flexibility index (Phi) is 5.17. The number of rotatable bonds is 4. The van der Waals surface area contributed by atoms with Crippen molar-refractivity contribution in [3.8, 4) is 0 Å². The minimum atomic E-state index is -0.0553. The van der Waals surface area contributed by atoms with Gasteiger partial charge in [0, 0.05) is 29.9 Å². The Morgan fingerprint density at radius 1 is 1.33 bits per heavy atom. The van der Waals surface area contributed by atoms with E-state index in [-0.39, 0.29) is 5.91 Å². The maximum absolute atomic E-state index is 12.5. The molecule has 1 aliphatic rings. The van der Waals surface area contributed by atoms with Gasteiger partial charge in [-0.15, -0.1) is 0 Å². The van der Waals surface area contributed by atoms with Crippen LogP contribution in [0.2, 0.25) is 0 Å². The average molecular weight is 290 g/mol. The highest BCUT2D eigenvalue weighted by atomic mass is 16.2. The minimum Gasteiger partial charge on any atom is -0.370 e. The van der Waals surface area contributed by atoms with Gasteiger partial charge >= 0.3 is 0 Å². The number of piperidine rings is 1. The number of aromatic nitrogens is 1. The van der Waals surface area contributed by atoms with E-state index in [0.717, 1.165) is 30.9 Å². The van der Waals surface area contributed by atoms with Crippen molar-refractivity contribution in [1.29, 1.82) is 0 Å². The third kappa shape index (κ3) is 3.94. The van der Waals surface area contributed by atoms with Gasteiger partial charge in [-0.05, 0) is 52.7 Å². The molecule has 21 heavy (non-hydrogen) atoms. The van der Waals surface area contributed by atoms with Crippen LogP contribution in [0.25, 0.3) is 0 Å². The summed E-state index contributed by atoms with van der Waals surface area (Å²) in [7, 11) is 0. The van der Waals surface area contributed by atoms with Crippen LogP contribution in [0.1, 0.15) is 56.1 Å². The Hall–Kier alpha value is -1.62. The fourth-order valence-corrected chi connectivity index (χ4v) is 2.89. The largest absolute Gasteiger partial charge is 0.370 e. The molecule has 116 valence electrons. The van der Waals surface area contributed by atoms with Gasteiger partial charge in [-0.2, -0.15) is 0 Å². The molecule has 2 unspecified atom stereocenters. The monoisotopic (exact) mass is 290 g/mol. The molecule has 5 nitrogen and oxygen atoms in total. The molecule has 1 amide bonds. The lowest BCUT2D eigenvalue weighted by molar-refractivity contribution is 0.0369. The molecule has 0 saturated carbocycles. The van der Waals surface area contributed by atoms with Crippen molar-refractivity contribution in [2.24, 2.45) is 0 Å². The van der Waals surface area contributed by atoms with Gasteiger partial charge in [0.25, 0.3) is 5.91 Å². The number of hydrogen-bond donors (Lipinski definition) is 2. The second kappa shape index (κ2) is 6.89. The molecule has 1 aromatic heterocycles. The van der Waals surface area contributed by atoms with E-state index in [1.165, 1.54) is 6.42 Å². The summed E-state index contributed by atoms with van der Waals surface area (Å²) in [5.41, 5.74) is 4.57. The van der Waals surface area contributed by atoms with Crippen molar-refractivity contribution in [1.82, 2.24) is 15.4 Å². The van der Waals surface area contributed by atoms with E-state index >= 15 is 0 Å². The number of nitrogens with zero attached hydrogens (tertiary/aromatic N) is 2. The molecule has 2 N–H and O–H groups in total. The lowest BCUT2D eigenvalue weighted by Gasteiger charge is -2.38. The lowest BCUT2D eigenvalue weighted by Crippen LogP contribution is -2.54. The van der Waals surface area contributed by atoms with Gasteiger partial charge in [0.1, 0.15) is 5.82 Å². The first-order valence-corrected chi connectivity index (χ1v) is 7.83. The van der Waals surface area contributed by atoms with Gasteiger partial charge in [-0.1, -0.05) is 6.42 Å². The normalized spacial score (nSPS) is 22.9. The highest BCUT2D eigenvalue weighted by Crippen LogP contribution is 2.20. The van der Waals surface area contributed by atoms with Crippen LogP contribution in [0.15, 0.2) is 12.1 Å². The maximum atomic E-state index is 12.5. The second-order valence-electron chi connectivity index (χ2n) is 5.89. The molecule has 2 atom stereocenters. The zero-order valence-corrected chi connectivity index (χ0v) is 13.4. The van der Waals surface area contributed by atoms with E-state index in [2.05, 4.69) is 34.6 Å². The number of nitrogens with one attached hydrogen (secondary N) is 2. The van der Waals surface area contributed by atoms with Crippen molar-refractivity contribution < 1.29 is 4.79 Å². The minimum absolute atomic E-state index is 0.0553. The van der Waals surface area contributed by atoms with Crippen LogP contribution in [0.4, 0.5) is 5.82 Å². The molecule has 0 bridgehead atoms. The number of hydrogen-bond acceptors (Lipinski definition) is 4. The maximum Gasteiger partial charge on any atom is 0.265 e. The van der Waals surface area contributed by atoms with Crippen molar-refractivity contribution in [2.45, 2.75) is 59.0 Å². The van der Waals surface area contributed by atoms with Crippen molar-refractivity contribution in [3.05, 3.63) is 23.4 Å². The van der Waals surface area contributed by atoms with Crippen LogP contribution in [0.3, 0.4) is 0 Å². The molecule has 0 aromatic carbocycles. The van der Waals surface area contributed by atoms with Crippen LogP contribution in [-0.4, -0.2) is 34.5 Å². The quantitative estimate of drug-likeness (QED) is 0.895. The molecule has 0 spiro atoms. The van der Waals surface area contributed by atoms with Gasteiger partial charge in [0.05, 0.1) is 0 Å². The topological polar surface area (TPSA) is 57.3 Å². The Morgan fingerprint density at radius 2 is 2.00 bits per heavy atom. The van der Waals surface area contributed by atoms with E-state index in [1.54, 1.807) is 0 Å². The molecule has 5 heteroatoms. The standard InChI is InChI=1S/C16H26N4O/c1-5-17-15-10-14(9-11(2)18-15)16(21)19-20-12(3)7-6-8-13(20)4/h9-10,12-13H,5-8H2,1-4H3,(H,17,18)(H,19,21). The zero-order valence-electron chi connectivity index (χ0n) is 13.4. The van der Waals surface area contributed by atoms with Crippen LogP contribution in [0, 0.1) is 6.92 Å². The summed E-state index contributed by atoms with van der Waals surface area (Å²) in [5.74, 6) is 0.697. The van der Waals surface area contributed by atoms with Crippen LogP contribution in [-0.2, 0) is 0 Å². The molecule has 1 aliphatic heterocycles. The number of carbonyl (C=O) groups is 1. The molecule has 0 radical (unpaired) electrons. The Morgan fingerprint density at radius 3 is 2.62 bits per heavy atom. The Bertz CT molecular complexity index is 493. The fourth-order valence-electron chi connectivity index (χ4n) is 2.89. The first-order valence-electron chi connectivity index (χ1n) is 7.83. The van der Waals surface area contributed by atoms with Gasteiger partial charge in [-0.3, -0.25) is 10.2 Å². The summed E-state index contributed by atoms with van der Waals surface area (Å²) in [6, 6.07) is 4.41. The number of aryl methyl sites for hydroxylation is 1. The summed E-state index contributed by atoms with van der Waals surface area (Å²) in [4.78, 5) is 16.9. The molecule has 2 heterocycles. The van der Waals surface area contributed by atoms with E-state index < -0.39 is 0 Å². The second-order valence-corrected chi connectivity index (χ2v) is 5.89. The number of carbonyl (C=O) groups excluding carboxylic acids is 1. The van der Waals surface area contributed by atoms with Gasteiger partial charge < -0.3 is 5.32 Å². The summed E-state index contributed by atoms with van der Waals surface area (Å²) in [6.07, 6.45) is 3.49. The van der Waals surface area contributed by atoms with Gasteiger partial charge in [-0.25, -0.2) is 9.99 Å². The molecule has 1 aromatic rings. The molecular formula is C16H26N4O. The lowest BCUT2D eigenvalue weighted by atomic mass is 10.00. The van der Waals surface area contributed by atoms with Crippen LogP contribution < -0.4 is 10.7 Å². The molecule has 2 rings (SSSR count). The van der Waals surface area contributed by atoms with E-state index in [4.69, 9.17) is 0 Å². The number of hydrazine groups is 1. The number of pyridine rings is 1. The number of anilines is 1. The predicted octanol–water partition coefficient (Wildman–Crippen LogP) is 2.73. The van der Waals surface area contributed by atoms with Gasteiger partial charge in [0.15, 0.2) is 0 Å². The summed E-state index contributed by atoms with van der Waals surface area (Å²) in [5, 5.41) is 5.25. The van der Waals surface area contributed by atoms with Crippen LogP contribution in [0.5, 0.6) is 0 Å². The zero-order chi connectivity index (χ0) is 15.4. The first-order chi connectivity index (χ1) is 10.0. The smallest absolute Gasteiger partial charge is 0.265 e. The number of amides is 1. The Balaban J connectivity index is 2.12. The highest BCUT2D eigenvalue weighted by Gasteiger charge is 2.26. The van der Waals surface area contributed by atoms with Gasteiger partial charge in [0.2, 0.25) is 0 Å². The third-order valence-electron chi connectivity index (χ3n) is 4.00. The summed E-state index contributed by atoms with van der Waals surface area (Å²) < 4.78 is 0. The van der Waals surface area contributed by atoms with E-state index in [0.29, 0.717) is 17.6 Å². The SMILES string of the molecule is CCNc1cc(C(=O)NN2C(C)CCCC2C)cc(C)n1. The summed E-state index contributed by atoms with van der Waals surface area (Å²) >= 11 is 0. The van der Waals surface area contributed by atoms with Crippen molar-refractivity contribution >= 4 is 11.7 Å². The molecule has 1 saturated heterocycles. The van der Waals surface area contributed by atoms with Crippen molar-refractivity contribution in [3.63, 3.8) is 0 Å². The molecule has 0 aliphatic carbocycles.